The molecule has 35 heavy (non-hydrogen) atoms. The number of carbonyl (C=O) groups is 1. The van der Waals surface area contributed by atoms with Crippen LogP contribution in [0.4, 0.5) is 8.78 Å². The van der Waals surface area contributed by atoms with Crippen LogP contribution in [0.3, 0.4) is 0 Å². The molecule has 186 valence electrons. The second-order valence-electron chi connectivity index (χ2n) is 10.0. The van der Waals surface area contributed by atoms with Crippen molar-refractivity contribution in [1.82, 2.24) is 0 Å². The zero-order valence-electron chi connectivity index (χ0n) is 20.5. The molecule has 1 saturated carbocycles. The van der Waals surface area contributed by atoms with Gasteiger partial charge in [0.15, 0.2) is 5.43 Å². The highest BCUT2D eigenvalue weighted by Gasteiger charge is 2.37. The Morgan fingerprint density at radius 2 is 1.86 bits per heavy atom. The van der Waals surface area contributed by atoms with Gasteiger partial charge in [0, 0.05) is 24.3 Å². The summed E-state index contributed by atoms with van der Waals surface area (Å²) < 4.78 is 33.8. The summed E-state index contributed by atoms with van der Waals surface area (Å²) in [6.07, 6.45) is 2.45. The van der Waals surface area contributed by atoms with Crippen LogP contribution in [0.1, 0.15) is 95.7 Å². The molecule has 2 aromatic carbocycles. The first-order chi connectivity index (χ1) is 16.6. The molecule has 0 aliphatic heterocycles. The number of aryl methyl sites for hydroxylation is 2. The molecular formula is C29H32F2O4. The van der Waals surface area contributed by atoms with E-state index < -0.39 is 11.9 Å². The average molecular weight is 483 g/mol. The minimum absolute atomic E-state index is 0.0729. The largest absolute Gasteiger partial charge is 0.478 e. The van der Waals surface area contributed by atoms with Crippen LogP contribution >= 0.6 is 0 Å². The van der Waals surface area contributed by atoms with E-state index in [0.29, 0.717) is 47.1 Å². The molecule has 1 aromatic heterocycles. The fraction of sp³-hybridized carbons (Fsp3) is 0.448. The maximum absolute atomic E-state index is 13.7. The van der Waals surface area contributed by atoms with Gasteiger partial charge in [0.05, 0.1) is 10.9 Å². The Balaban J connectivity index is 1.62. The van der Waals surface area contributed by atoms with E-state index in [-0.39, 0.29) is 30.1 Å². The van der Waals surface area contributed by atoms with Crippen molar-refractivity contribution in [2.24, 2.45) is 0 Å². The second-order valence-corrected chi connectivity index (χ2v) is 10.0. The lowest BCUT2D eigenvalue weighted by atomic mass is 9.83. The Morgan fingerprint density at radius 3 is 2.54 bits per heavy atom. The van der Waals surface area contributed by atoms with Crippen LogP contribution in [0.2, 0.25) is 0 Å². The summed E-state index contributed by atoms with van der Waals surface area (Å²) in [7, 11) is 0. The van der Waals surface area contributed by atoms with E-state index in [1.165, 1.54) is 0 Å². The number of alkyl halides is 2. The van der Waals surface area contributed by atoms with E-state index in [1.807, 2.05) is 31.2 Å². The third kappa shape index (κ3) is 5.31. The van der Waals surface area contributed by atoms with Gasteiger partial charge in [0.25, 0.3) is 0 Å². The van der Waals surface area contributed by atoms with Crippen molar-refractivity contribution in [2.45, 2.75) is 83.5 Å². The number of hydrogen-bond acceptors (Lipinski definition) is 3. The summed E-state index contributed by atoms with van der Waals surface area (Å²) in [6, 6.07) is 10.9. The van der Waals surface area contributed by atoms with Gasteiger partial charge in [-0.2, -0.15) is 0 Å². The maximum atomic E-state index is 13.7. The zero-order chi connectivity index (χ0) is 25.3. The van der Waals surface area contributed by atoms with Crippen molar-refractivity contribution < 1.29 is 23.1 Å². The molecule has 0 bridgehead atoms. The molecule has 1 aliphatic rings. The third-order valence-corrected chi connectivity index (χ3v) is 7.38. The third-order valence-electron chi connectivity index (χ3n) is 7.38. The summed E-state index contributed by atoms with van der Waals surface area (Å²) in [4.78, 5) is 24.8. The number of aromatic carboxylic acids is 1. The van der Waals surface area contributed by atoms with E-state index in [9.17, 15) is 23.5 Å². The van der Waals surface area contributed by atoms with Gasteiger partial charge < -0.3 is 9.52 Å². The van der Waals surface area contributed by atoms with Gasteiger partial charge in [-0.05, 0) is 80.7 Å². The molecule has 1 fully saturated rings. The molecular weight excluding hydrogens is 450 g/mol. The van der Waals surface area contributed by atoms with Crippen LogP contribution in [0.25, 0.3) is 11.0 Å². The van der Waals surface area contributed by atoms with E-state index in [4.69, 9.17) is 4.42 Å². The molecule has 0 radical (unpaired) electrons. The molecule has 0 spiro atoms. The standard InChI is InChI=1S/C29H32F2O4/c1-17-15-23(18(2)7-6-9-20-8-4-5-10-22(20)28(33)34)27-24(16-17)25(32)19(3)26(35-27)21-11-13-29(30,31)14-12-21/h4-5,8,10,15-16,18,21H,6-7,9,11-14H2,1-3H3,(H,33,34). The minimum Gasteiger partial charge on any atom is -0.478 e. The number of fused-ring (bicyclic) bond motifs is 1. The number of hydrogen-bond donors (Lipinski definition) is 1. The summed E-state index contributed by atoms with van der Waals surface area (Å²) in [6.45, 7) is 5.77. The average Bonchev–Trinajstić information content (AvgIpc) is 2.81. The number of rotatable bonds is 7. The lowest BCUT2D eigenvalue weighted by molar-refractivity contribution is -0.0395. The number of carboxylic acid groups (broad SMARTS) is 1. The van der Waals surface area contributed by atoms with Crippen LogP contribution in [0, 0.1) is 13.8 Å². The molecule has 1 heterocycles. The highest BCUT2D eigenvalue weighted by Crippen LogP contribution is 2.42. The molecule has 4 nitrogen and oxygen atoms in total. The lowest BCUT2D eigenvalue weighted by Crippen LogP contribution is -2.25. The Kier molecular flexibility index (Phi) is 7.11. The van der Waals surface area contributed by atoms with Crippen molar-refractivity contribution in [3.63, 3.8) is 0 Å². The highest BCUT2D eigenvalue weighted by atomic mass is 19.3. The number of carboxylic acids is 1. The fourth-order valence-electron chi connectivity index (χ4n) is 5.34. The smallest absolute Gasteiger partial charge is 0.335 e. The highest BCUT2D eigenvalue weighted by molar-refractivity contribution is 5.89. The van der Waals surface area contributed by atoms with Gasteiger partial charge in [0.1, 0.15) is 11.3 Å². The SMILES string of the molecule is Cc1cc(C(C)CCCc2ccccc2C(=O)O)c2oc(C3CCC(F)(F)CC3)c(C)c(=O)c2c1. The molecule has 0 saturated heterocycles. The topological polar surface area (TPSA) is 67.5 Å². The van der Waals surface area contributed by atoms with E-state index in [1.54, 1.807) is 19.1 Å². The Labute approximate surface area is 204 Å². The quantitative estimate of drug-likeness (QED) is 0.378. The molecule has 0 amide bonds. The van der Waals surface area contributed by atoms with Crippen LogP contribution in [0.5, 0.6) is 0 Å². The Hall–Kier alpha value is -3.02. The summed E-state index contributed by atoms with van der Waals surface area (Å²) >= 11 is 0. The first-order valence-electron chi connectivity index (χ1n) is 12.3. The predicted octanol–water partition coefficient (Wildman–Crippen LogP) is 7.53. The van der Waals surface area contributed by atoms with E-state index in [0.717, 1.165) is 29.5 Å². The molecule has 3 aromatic rings. The van der Waals surface area contributed by atoms with Crippen LogP contribution in [0.15, 0.2) is 45.6 Å². The molecule has 1 aliphatic carbocycles. The predicted molar refractivity (Wildman–Crippen MR) is 133 cm³/mol. The second kappa shape index (κ2) is 9.92. The van der Waals surface area contributed by atoms with E-state index in [2.05, 4.69) is 6.92 Å². The first-order valence-corrected chi connectivity index (χ1v) is 12.3. The van der Waals surface area contributed by atoms with Crippen LogP contribution < -0.4 is 5.43 Å². The lowest BCUT2D eigenvalue weighted by Gasteiger charge is -2.28. The summed E-state index contributed by atoms with van der Waals surface area (Å²) in [5, 5.41) is 9.96. The maximum Gasteiger partial charge on any atom is 0.335 e. The van der Waals surface area contributed by atoms with E-state index >= 15 is 0 Å². The van der Waals surface area contributed by atoms with Crippen molar-refractivity contribution in [2.75, 3.05) is 0 Å². The van der Waals surface area contributed by atoms with Crippen molar-refractivity contribution in [1.29, 1.82) is 0 Å². The molecule has 1 unspecified atom stereocenters. The summed E-state index contributed by atoms with van der Waals surface area (Å²) in [5.41, 5.74) is 4.01. The van der Waals surface area contributed by atoms with Gasteiger partial charge >= 0.3 is 5.97 Å². The Bertz CT molecular complexity index is 1300. The van der Waals surface area contributed by atoms with Crippen LogP contribution in [-0.4, -0.2) is 17.0 Å². The number of halogens is 2. The van der Waals surface area contributed by atoms with Gasteiger partial charge in [-0.25, -0.2) is 13.6 Å². The molecule has 6 heteroatoms. The first kappa shape index (κ1) is 25.1. The van der Waals surface area contributed by atoms with Crippen molar-refractivity contribution in [3.8, 4) is 0 Å². The van der Waals surface area contributed by atoms with Crippen LogP contribution in [-0.2, 0) is 6.42 Å². The molecule has 1 atom stereocenters. The zero-order valence-corrected chi connectivity index (χ0v) is 20.5. The van der Waals surface area contributed by atoms with Gasteiger partial charge in [-0.15, -0.1) is 0 Å². The van der Waals surface area contributed by atoms with Crippen molar-refractivity contribution in [3.05, 3.63) is 80.2 Å². The van der Waals surface area contributed by atoms with Gasteiger partial charge in [0.2, 0.25) is 5.92 Å². The fourth-order valence-corrected chi connectivity index (χ4v) is 5.34. The van der Waals surface area contributed by atoms with Gasteiger partial charge in [-0.1, -0.05) is 31.2 Å². The number of benzene rings is 2. The Morgan fingerprint density at radius 1 is 1.17 bits per heavy atom. The van der Waals surface area contributed by atoms with Gasteiger partial charge in [-0.3, -0.25) is 4.79 Å². The minimum atomic E-state index is -2.64. The molecule has 1 N–H and O–H groups in total. The van der Waals surface area contributed by atoms with Crippen molar-refractivity contribution >= 4 is 16.9 Å². The molecule has 4 rings (SSSR count). The normalized spacial score (nSPS) is 16.9. The summed E-state index contributed by atoms with van der Waals surface area (Å²) in [5.74, 6) is -3.13. The monoisotopic (exact) mass is 482 g/mol.